The second-order valence-electron chi connectivity index (χ2n) is 14.7. The summed E-state index contributed by atoms with van der Waals surface area (Å²) in [6.45, 7) is 18.7. The van der Waals surface area contributed by atoms with Gasteiger partial charge in [0, 0.05) is 16.8 Å². The maximum atomic E-state index is 2.62. The van der Waals surface area contributed by atoms with Gasteiger partial charge in [-0.1, -0.05) is 77.9 Å². The molecule has 3 aromatic heterocycles. The molecule has 0 unspecified atom stereocenters. The van der Waals surface area contributed by atoms with E-state index in [2.05, 4.69) is 132 Å². The lowest BCUT2D eigenvalue weighted by Gasteiger charge is -2.22. The van der Waals surface area contributed by atoms with Gasteiger partial charge < -0.3 is 4.40 Å². The van der Waals surface area contributed by atoms with Gasteiger partial charge in [-0.2, -0.15) is 0 Å². The van der Waals surface area contributed by atoms with Crippen molar-refractivity contribution in [2.24, 2.45) is 17.9 Å². The Morgan fingerprint density at radius 1 is 0.675 bits per heavy atom. The van der Waals surface area contributed by atoms with Crippen LogP contribution in [0.5, 0.6) is 0 Å². The minimum atomic E-state index is 0.196. The Bertz CT molecular complexity index is 2140. The van der Waals surface area contributed by atoms with E-state index in [1.165, 1.54) is 82.0 Å². The molecule has 40 heavy (non-hydrogen) atoms. The van der Waals surface area contributed by atoms with Gasteiger partial charge in [-0.3, -0.25) is 0 Å². The van der Waals surface area contributed by atoms with E-state index in [1.807, 2.05) is 0 Å². The molecule has 7 aromatic rings. The summed E-state index contributed by atoms with van der Waals surface area (Å²) in [5.41, 5.74) is 11.4. The quantitative estimate of drug-likeness (QED) is 0.121. The molecule has 0 aliphatic rings. The van der Waals surface area contributed by atoms with Crippen LogP contribution in [-0.2, 0) is 19.9 Å². The average Bonchev–Trinajstić information content (AvgIpc) is 3.21. The number of hydrogen-bond acceptors (Lipinski definition) is 0. The summed E-state index contributed by atoms with van der Waals surface area (Å²) in [7, 11) is 2.22. The number of aromatic nitrogens is 2. The Morgan fingerprint density at radius 2 is 1.40 bits per heavy atom. The van der Waals surface area contributed by atoms with Gasteiger partial charge in [-0.15, -0.1) is 0 Å². The third kappa shape index (κ3) is 3.58. The van der Waals surface area contributed by atoms with E-state index in [9.17, 15) is 0 Å². The number of rotatable bonds is 2. The molecule has 0 atom stereocenters. The van der Waals surface area contributed by atoms with Crippen molar-refractivity contribution in [1.29, 1.82) is 0 Å². The molecule has 2 heteroatoms. The molecule has 4 aromatic carbocycles. The first-order valence-electron chi connectivity index (χ1n) is 14.8. The number of pyridine rings is 2. The van der Waals surface area contributed by atoms with Crippen molar-refractivity contribution in [2.75, 3.05) is 0 Å². The van der Waals surface area contributed by atoms with Crippen molar-refractivity contribution in [3.8, 4) is 0 Å². The van der Waals surface area contributed by atoms with Gasteiger partial charge in [0.1, 0.15) is 7.05 Å². The topological polar surface area (TPSA) is 8.29 Å². The van der Waals surface area contributed by atoms with Crippen LogP contribution >= 0.6 is 0 Å². The molecule has 0 amide bonds. The molecule has 3 heterocycles. The highest BCUT2D eigenvalue weighted by atomic mass is 15.0. The third-order valence-corrected chi connectivity index (χ3v) is 8.89. The molecule has 0 N–H and O–H groups in total. The molecule has 2 nitrogen and oxygen atoms in total. The molecule has 0 fully saturated rings. The summed E-state index contributed by atoms with van der Waals surface area (Å²) in [4.78, 5) is 0. The maximum Gasteiger partial charge on any atom is 0.224 e. The number of fused-ring (bicyclic) bond motifs is 7. The van der Waals surface area contributed by atoms with Crippen LogP contribution in [-0.4, -0.2) is 4.40 Å². The second kappa shape index (κ2) is 8.19. The van der Waals surface area contributed by atoms with Crippen LogP contribution in [0.3, 0.4) is 0 Å². The largest absolute Gasteiger partial charge is 0.307 e. The van der Waals surface area contributed by atoms with Crippen LogP contribution in [0.2, 0.25) is 0 Å². The molecule has 0 spiro atoms. The smallest absolute Gasteiger partial charge is 0.224 e. The Labute approximate surface area is 237 Å². The van der Waals surface area contributed by atoms with E-state index in [0.29, 0.717) is 0 Å². The van der Waals surface area contributed by atoms with Gasteiger partial charge in [0.05, 0.1) is 27.3 Å². The van der Waals surface area contributed by atoms with Crippen LogP contribution in [0.15, 0.2) is 60.8 Å². The van der Waals surface area contributed by atoms with Crippen LogP contribution in [0, 0.1) is 24.7 Å². The molecule has 7 rings (SSSR count). The number of nitrogens with zero attached hydrogens (tertiary/aromatic N) is 2. The van der Waals surface area contributed by atoms with Gasteiger partial charge in [0.25, 0.3) is 0 Å². The van der Waals surface area contributed by atoms with E-state index >= 15 is 0 Å². The molecule has 0 saturated heterocycles. The van der Waals surface area contributed by atoms with Crippen molar-refractivity contribution in [3.63, 3.8) is 0 Å². The molecule has 0 aliphatic carbocycles. The van der Waals surface area contributed by atoms with E-state index in [0.717, 1.165) is 12.8 Å². The normalized spacial score (nSPS) is 13.3. The highest BCUT2D eigenvalue weighted by Crippen LogP contribution is 2.46. The van der Waals surface area contributed by atoms with Crippen LogP contribution in [0.1, 0.15) is 63.8 Å². The van der Waals surface area contributed by atoms with Gasteiger partial charge in [-0.25, -0.2) is 4.57 Å². The highest BCUT2D eigenvalue weighted by molar-refractivity contribution is 6.29. The first-order chi connectivity index (χ1) is 18.8. The van der Waals surface area contributed by atoms with Crippen LogP contribution < -0.4 is 4.57 Å². The SMILES string of the molecule is Cc1c2cc(CC(C)(C)C)ccc2c(C)c2c1c1c3c(cc[n+]1C)cc(CC(C)(C)C)c1c4ccccc4n2c13. The average molecular weight is 526 g/mol. The van der Waals surface area contributed by atoms with E-state index in [1.54, 1.807) is 0 Å². The van der Waals surface area contributed by atoms with Crippen LogP contribution in [0.4, 0.5) is 0 Å². The standard InChI is InChI=1S/C38H41N2/c1-22-29-18-24(20-37(3,4)5)14-15-27(29)23(2)34-31(22)35-33-25(16-17-39(35)9)19-26(21-38(6,7)8)32-28-12-10-11-13-30(28)40(34)36(32)33/h10-19H,20-21H2,1-9H3/q+1. The first-order valence-corrected chi connectivity index (χ1v) is 14.8. The van der Waals surface area contributed by atoms with Crippen molar-refractivity contribution < 1.29 is 4.57 Å². The number of para-hydroxylation sites is 1. The first kappa shape index (κ1) is 25.3. The molecule has 0 bridgehead atoms. The van der Waals surface area contributed by atoms with E-state index < -0.39 is 0 Å². The minimum absolute atomic E-state index is 0.196. The summed E-state index contributed by atoms with van der Waals surface area (Å²) >= 11 is 0. The van der Waals surface area contributed by atoms with Gasteiger partial charge >= 0.3 is 0 Å². The summed E-state index contributed by atoms with van der Waals surface area (Å²) < 4.78 is 4.98. The van der Waals surface area contributed by atoms with Crippen molar-refractivity contribution in [3.05, 3.63) is 83.0 Å². The Hall–Kier alpha value is -3.65. The lowest BCUT2D eigenvalue weighted by Crippen LogP contribution is -2.29. The third-order valence-electron chi connectivity index (χ3n) is 8.89. The Morgan fingerprint density at radius 3 is 2.12 bits per heavy atom. The maximum absolute atomic E-state index is 2.62. The van der Waals surface area contributed by atoms with E-state index in [-0.39, 0.29) is 10.8 Å². The number of aryl methyl sites for hydroxylation is 3. The fourth-order valence-corrected chi connectivity index (χ4v) is 7.49. The zero-order valence-electron chi connectivity index (χ0n) is 25.6. The number of hydrogen-bond donors (Lipinski definition) is 0. The second-order valence-corrected chi connectivity index (χ2v) is 14.7. The summed E-state index contributed by atoms with van der Waals surface area (Å²) in [5.74, 6) is 0. The zero-order valence-corrected chi connectivity index (χ0v) is 25.6. The van der Waals surface area contributed by atoms with Crippen molar-refractivity contribution in [2.45, 2.75) is 68.2 Å². The molecule has 0 saturated carbocycles. The molecular formula is C38H41N2+. The highest BCUT2D eigenvalue weighted by Gasteiger charge is 2.28. The zero-order chi connectivity index (χ0) is 28.3. The minimum Gasteiger partial charge on any atom is -0.307 e. The molecule has 0 aliphatic heterocycles. The van der Waals surface area contributed by atoms with Gasteiger partial charge in [0.15, 0.2) is 6.20 Å². The monoisotopic (exact) mass is 525 g/mol. The Balaban J connectivity index is 1.78. The van der Waals surface area contributed by atoms with Crippen molar-refractivity contribution >= 4 is 59.8 Å². The molecule has 0 radical (unpaired) electrons. The molecular weight excluding hydrogens is 484 g/mol. The predicted octanol–water partition coefficient (Wildman–Crippen LogP) is 9.76. The fourth-order valence-electron chi connectivity index (χ4n) is 7.49. The van der Waals surface area contributed by atoms with Crippen LogP contribution in [0.25, 0.3) is 59.8 Å². The predicted molar refractivity (Wildman–Crippen MR) is 173 cm³/mol. The fraction of sp³-hybridized carbons (Fsp3) is 0.342. The summed E-state index contributed by atoms with van der Waals surface area (Å²) in [6, 6.07) is 21.1. The lowest BCUT2D eigenvalue weighted by atomic mass is 9.84. The lowest BCUT2D eigenvalue weighted by molar-refractivity contribution is -0.643. The molecule has 202 valence electrons. The van der Waals surface area contributed by atoms with Gasteiger partial charge in [0.2, 0.25) is 5.52 Å². The summed E-state index contributed by atoms with van der Waals surface area (Å²) in [5, 5.41) is 9.64. The van der Waals surface area contributed by atoms with Gasteiger partial charge in [-0.05, 0) is 88.1 Å². The van der Waals surface area contributed by atoms with Crippen molar-refractivity contribution in [1.82, 2.24) is 4.40 Å². The Kier molecular flexibility index (Phi) is 5.19. The number of benzene rings is 4. The summed E-state index contributed by atoms with van der Waals surface area (Å²) in [6.07, 6.45) is 4.38. The van der Waals surface area contributed by atoms with E-state index in [4.69, 9.17) is 0 Å².